The third kappa shape index (κ3) is 3.55. The molecule has 0 saturated heterocycles. The highest BCUT2D eigenvalue weighted by Gasteiger charge is 2.26. The van der Waals surface area contributed by atoms with E-state index in [1.807, 2.05) is 60.1 Å². The van der Waals surface area contributed by atoms with Gasteiger partial charge >= 0.3 is 0 Å². The predicted octanol–water partition coefficient (Wildman–Crippen LogP) is 3.19. The van der Waals surface area contributed by atoms with Crippen LogP contribution in [0.25, 0.3) is 11.4 Å². The van der Waals surface area contributed by atoms with E-state index in [0.717, 1.165) is 34.6 Å². The average Bonchev–Trinajstić information content (AvgIpc) is 3.15. The maximum atomic E-state index is 12.2. The summed E-state index contributed by atoms with van der Waals surface area (Å²) in [7, 11) is 1.64. The number of aromatic nitrogens is 3. The number of thioether (sulfide) groups is 1. The highest BCUT2D eigenvalue weighted by atomic mass is 32.2. The molecular weight excluding hydrogens is 374 g/mol. The molecule has 142 valence electrons. The van der Waals surface area contributed by atoms with Crippen molar-refractivity contribution in [3.05, 3.63) is 48.6 Å². The number of aliphatic imine (C=N–C) groups is 2. The van der Waals surface area contributed by atoms with Crippen LogP contribution in [-0.2, 0) is 11.3 Å². The molecule has 1 amide bonds. The quantitative estimate of drug-likeness (QED) is 0.704. The Kier molecular flexibility index (Phi) is 5.21. The van der Waals surface area contributed by atoms with E-state index in [1.165, 1.54) is 11.8 Å². The van der Waals surface area contributed by atoms with E-state index >= 15 is 0 Å². The lowest BCUT2D eigenvalue weighted by molar-refractivity contribution is -0.118. The molecule has 2 aromatic rings. The van der Waals surface area contributed by atoms with Gasteiger partial charge in [0.05, 0.1) is 18.6 Å². The number of hydrogen-bond donors (Lipinski definition) is 0. The van der Waals surface area contributed by atoms with Crippen LogP contribution in [0.15, 0.2) is 63.7 Å². The molecule has 8 heteroatoms. The molecule has 0 saturated carbocycles. The summed E-state index contributed by atoms with van der Waals surface area (Å²) in [4.78, 5) is 20.9. The van der Waals surface area contributed by atoms with Crippen molar-refractivity contribution in [3.8, 4) is 17.1 Å². The number of carbonyl (C=O) groups excluding carboxylic acids is 1. The first-order valence-electron chi connectivity index (χ1n) is 8.95. The van der Waals surface area contributed by atoms with Crippen molar-refractivity contribution in [2.24, 2.45) is 15.9 Å². The topological polar surface area (TPSA) is 81.7 Å². The van der Waals surface area contributed by atoms with Crippen LogP contribution in [0.5, 0.6) is 5.75 Å². The lowest BCUT2D eigenvalue weighted by Crippen LogP contribution is -2.27. The van der Waals surface area contributed by atoms with Crippen molar-refractivity contribution in [3.63, 3.8) is 0 Å². The predicted molar refractivity (Wildman–Crippen MR) is 110 cm³/mol. The smallest absolute Gasteiger partial charge is 0.260 e. The zero-order valence-electron chi connectivity index (χ0n) is 15.6. The van der Waals surface area contributed by atoms with Crippen molar-refractivity contribution < 1.29 is 9.53 Å². The van der Waals surface area contributed by atoms with Gasteiger partial charge in [0.15, 0.2) is 11.0 Å². The molecule has 0 radical (unpaired) electrons. The Labute approximate surface area is 166 Å². The minimum absolute atomic E-state index is 0.171. The first-order chi connectivity index (χ1) is 13.7. The molecule has 7 nitrogen and oxygen atoms in total. The summed E-state index contributed by atoms with van der Waals surface area (Å²) in [5, 5.41) is 9.44. The molecule has 28 heavy (non-hydrogen) atoms. The van der Waals surface area contributed by atoms with Crippen molar-refractivity contribution in [2.75, 3.05) is 12.9 Å². The van der Waals surface area contributed by atoms with Gasteiger partial charge in [-0.05, 0) is 25.1 Å². The van der Waals surface area contributed by atoms with Gasteiger partial charge < -0.3 is 9.30 Å². The Morgan fingerprint density at radius 3 is 2.93 bits per heavy atom. The minimum Gasteiger partial charge on any atom is -0.497 e. The zero-order chi connectivity index (χ0) is 19.5. The minimum atomic E-state index is -0.349. The van der Waals surface area contributed by atoms with Gasteiger partial charge in [-0.15, -0.1) is 10.2 Å². The van der Waals surface area contributed by atoms with Crippen LogP contribution in [0, 0.1) is 5.92 Å². The number of nitrogens with zero attached hydrogens (tertiary/aromatic N) is 5. The molecule has 1 aromatic heterocycles. The Morgan fingerprint density at radius 1 is 1.21 bits per heavy atom. The third-order valence-electron chi connectivity index (χ3n) is 4.46. The van der Waals surface area contributed by atoms with Crippen LogP contribution in [-0.4, -0.2) is 45.1 Å². The number of allylic oxidation sites excluding steroid dienone is 3. The SMILES string of the molecule is CCn1c(SCC2=NC(=O)C3C=CC=CC3=N2)nnc1-c1cccc(OC)c1. The van der Waals surface area contributed by atoms with Crippen LogP contribution in [0.2, 0.25) is 0 Å². The van der Waals surface area contributed by atoms with E-state index in [-0.39, 0.29) is 11.8 Å². The maximum Gasteiger partial charge on any atom is 0.260 e. The molecule has 0 N–H and O–H groups in total. The van der Waals surface area contributed by atoms with Crippen molar-refractivity contribution in [1.82, 2.24) is 14.8 Å². The number of ether oxygens (including phenoxy) is 1. The summed E-state index contributed by atoms with van der Waals surface area (Å²) in [6.07, 6.45) is 7.41. The summed E-state index contributed by atoms with van der Waals surface area (Å²) in [5.74, 6) is 1.99. The lowest BCUT2D eigenvalue weighted by atomic mass is 9.97. The Hall–Kier alpha value is -3.00. The van der Waals surface area contributed by atoms with E-state index in [9.17, 15) is 4.79 Å². The van der Waals surface area contributed by atoms with Crippen LogP contribution in [0.1, 0.15) is 6.92 Å². The van der Waals surface area contributed by atoms with Crippen LogP contribution in [0.3, 0.4) is 0 Å². The molecule has 2 aliphatic rings. The summed E-state index contributed by atoms with van der Waals surface area (Å²) < 4.78 is 7.33. The van der Waals surface area contributed by atoms with Gasteiger partial charge in [-0.3, -0.25) is 4.79 Å². The average molecular weight is 393 g/mol. The summed E-state index contributed by atoms with van der Waals surface area (Å²) in [5.41, 5.74) is 1.68. The molecule has 0 bridgehead atoms. The summed E-state index contributed by atoms with van der Waals surface area (Å²) in [6, 6.07) is 7.73. The van der Waals surface area contributed by atoms with Crippen LogP contribution in [0.4, 0.5) is 0 Å². The number of amides is 1. The number of amidine groups is 1. The second kappa shape index (κ2) is 7.93. The summed E-state index contributed by atoms with van der Waals surface area (Å²) >= 11 is 1.47. The maximum absolute atomic E-state index is 12.2. The molecule has 0 fully saturated rings. The second-order valence-corrected chi connectivity index (χ2v) is 7.14. The molecule has 1 atom stereocenters. The Morgan fingerprint density at radius 2 is 2.11 bits per heavy atom. The Balaban J connectivity index is 1.54. The third-order valence-corrected chi connectivity index (χ3v) is 5.42. The fourth-order valence-electron chi connectivity index (χ4n) is 3.07. The molecule has 4 rings (SSSR count). The van der Waals surface area contributed by atoms with Crippen LogP contribution >= 0.6 is 11.8 Å². The van der Waals surface area contributed by atoms with E-state index in [2.05, 4.69) is 20.2 Å². The second-order valence-electron chi connectivity index (χ2n) is 6.20. The number of hydrogen-bond acceptors (Lipinski definition) is 6. The molecule has 1 aromatic carbocycles. The van der Waals surface area contributed by atoms with Crippen molar-refractivity contribution in [2.45, 2.75) is 18.6 Å². The summed E-state index contributed by atoms with van der Waals surface area (Å²) in [6.45, 7) is 2.76. The molecule has 0 spiro atoms. The fraction of sp³-hybridized carbons (Fsp3) is 0.250. The number of fused-ring (bicyclic) bond motifs is 1. The van der Waals surface area contributed by atoms with E-state index in [0.29, 0.717) is 11.6 Å². The number of rotatable bonds is 6. The van der Waals surface area contributed by atoms with E-state index < -0.39 is 0 Å². The van der Waals surface area contributed by atoms with Gasteiger partial charge in [0.25, 0.3) is 5.91 Å². The highest BCUT2D eigenvalue weighted by Crippen LogP contribution is 2.27. The van der Waals surface area contributed by atoms with Gasteiger partial charge in [-0.1, -0.05) is 42.1 Å². The highest BCUT2D eigenvalue weighted by molar-refractivity contribution is 7.99. The van der Waals surface area contributed by atoms with Gasteiger partial charge in [-0.2, -0.15) is 4.99 Å². The van der Waals surface area contributed by atoms with Gasteiger partial charge in [0, 0.05) is 12.1 Å². The Bertz CT molecular complexity index is 1030. The largest absolute Gasteiger partial charge is 0.497 e. The number of methoxy groups -OCH3 is 1. The zero-order valence-corrected chi connectivity index (χ0v) is 16.4. The molecule has 2 heterocycles. The normalized spacial score (nSPS) is 17.9. The molecule has 1 aliphatic heterocycles. The van der Waals surface area contributed by atoms with Gasteiger partial charge in [0.2, 0.25) is 0 Å². The number of benzene rings is 1. The lowest BCUT2D eigenvalue weighted by Gasteiger charge is -2.17. The number of carbonyl (C=O) groups is 1. The van der Waals surface area contributed by atoms with E-state index in [4.69, 9.17) is 4.74 Å². The monoisotopic (exact) mass is 393 g/mol. The van der Waals surface area contributed by atoms with Gasteiger partial charge in [-0.25, -0.2) is 4.99 Å². The first kappa shape index (κ1) is 18.4. The molecular formula is C20H19N5O2S. The standard InChI is InChI=1S/C20H19N5O2S/c1-3-25-18(13-7-6-8-14(11-13)27-2)23-24-20(25)28-12-17-21-16-10-5-4-9-15(16)19(26)22-17/h4-11,15H,3,12H2,1-2H3. The van der Waals surface area contributed by atoms with Gasteiger partial charge in [0.1, 0.15) is 17.5 Å². The van der Waals surface area contributed by atoms with E-state index in [1.54, 1.807) is 7.11 Å². The van der Waals surface area contributed by atoms with Crippen molar-refractivity contribution in [1.29, 1.82) is 0 Å². The van der Waals surface area contributed by atoms with Crippen molar-refractivity contribution >= 4 is 29.2 Å². The fourth-order valence-corrected chi connectivity index (χ4v) is 3.93. The van der Waals surface area contributed by atoms with Crippen LogP contribution < -0.4 is 4.74 Å². The first-order valence-corrected chi connectivity index (χ1v) is 9.93. The molecule has 1 unspecified atom stereocenters. The molecule has 1 aliphatic carbocycles.